The Morgan fingerprint density at radius 3 is 2.15 bits per heavy atom. The van der Waals surface area contributed by atoms with Gasteiger partial charge in [0.05, 0.1) is 24.3 Å². The molecular formula is C15H12Cl2O3. The molecule has 5 heteroatoms. The molecule has 0 aliphatic rings. The van der Waals surface area contributed by atoms with Gasteiger partial charge in [0.1, 0.15) is 11.5 Å². The summed E-state index contributed by atoms with van der Waals surface area (Å²) in [4.78, 5) is 10.7. The zero-order chi connectivity index (χ0) is 14.7. The highest BCUT2D eigenvalue weighted by Crippen LogP contribution is 2.44. The van der Waals surface area contributed by atoms with Gasteiger partial charge in [-0.15, -0.1) is 0 Å². The molecule has 0 unspecified atom stereocenters. The first kappa shape index (κ1) is 14.7. The average Bonchev–Trinajstić information content (AvgIpc) is 2.48. The van der Waals surface area contributed by atoms with Crippen molar-refractivity contribution in [3.8, 4) is 11.5 Å². The first-order valence-electron chi connectivity index (χ1n) is 5.78. The first-order valence-corrected chi connectivity index (χ1v) is 6.54. The van der Waals surface area contributed by atoms with E-state index in [1.54, 1.807) is 0 Å². The number of benzene rings is 2. The summed E-state index contributed by atoms with van der Waals surface area (Å²) < 4.78 is 10.8. The van der Waals surface area contributed by atoms with Gasteiger partial charge in [0.2, 0.25) is 0 Å². The van der Waals surface area contributed by atoms with Crippen LogP contribution in [0.25, 0.3) is 16.8 Å². The normalized spacial score (nSPS) is 11.5. The molecule has 20 heavy (non-hydrogen) atoms. The van der Waals surface area contributed by atoms with Gasteiger partial charge in [-0.3, -0.25) is 4.79 Å². The molecule has 0 saturated carbocycles. The number of hydrogen-bond acceptors (Lipinski definition) is 3. The Morgan fingerprint density at radius 1 is 1.10 bits per heavy atom. The molecule has 0 heterocycles. The number of fused-ring (bicyclic) bond motifs is 1. The minimum absolute atomic E-state index is 0.0301. The fourth-order valence-corrected chi connectivity index (χ4v) is 2.51. The molecule has 0 fully saturated rings. The quantitative estimate of drug-likeness (QED) is 0.624. The Hall–Kier alpha value is -1.71. The Morgan fingerprint density at radius 2 is 1.65 bits per heavy atom. The van der Waals surface area contributed by atoms with Crippen LogP contribution in [0.1, 0.15) is 5.56 Å². The topological polar surface area (TPSA) is 35.5 Å². The Labute approximate surface area is 126 Å². The summed E-state index contributed by atoms with van der Waals surface area (Å²) >= 11 is 12.1. The smallest absolute Gasteiger partial charge is 0.161 e. The molecule has 2 aromatic rings. The summed E-state index contributed by atoms with van der Waals surface area (Å²) in [6.45, 7) is 0. The lowest BCUT2D eigenvalue weighted by atomic mass is 10.0. The van der Waals surface area contributed by atoms with Crippen molar-refractivity contribution in [2.45, 2.75) is 0 Å². The summed E-state index contributed by atoms with van der Waals surface area (Å²) in [5, 5.41) is 2.04. The van der Waals surface area contributed by atoms with Crippen molar-refractivity contribution in [1.29, 1.82) is 0 Å². The van der Waals surface area contributed by atoms with E-state index in [1.165, 1.54) is 20.3 Å². The molecule has 0 saturated heterocycles. The Balaban J connectivity index is 2.92. The SMILES string of the molecule is COc1c(Cl)c(/C=C(\Cl)C=O)c(OC)c2ccccc12. The number of hydrogen-bond donors (Lipinski definition) is 0. The molecule has 0 bridgehead atoms. The van der Waals surface area contributed by atoms with Crippen molar-refractivity contribution < 1.29 is 14.3 Å². The van der Waals surface area contributed by atoms with Gasteiger partial charge < -0.3 is 9.47 Å². The average molecular weight is 311 g/mol. The molecule has 0 spiro atoms. The number of methoxy groups -OCH3 is 2. The van der Waals surface area contributed by atoms with E-state index in [2.05, 4.69) is 0 Å². The number of halogens is 2. The van der Waals surface area contributed by atoms with Gasteiger partial charge in [-0.05, 0) is 6.08 Å². The molecule has 2 rings (SSSR count). The number of allylic oxidation sites excluding steroid dienone is 1. The van der Waals surface area contributed by atoms with Crippen LogP contribution in [0.3, 0.4) is 0 Å². The van der Waals surface area contributed by atoms with E-state index in [0.29, 0.717) is 28.4 Å². The molecule has 104 valence electrons. The lowest BCUT2D eigenvalue weighted by Crippen LogP contribution is -1.95. The number of carbonyl (C=O) groups is 1. The Kier molecular flexibility index (Phi) is 4.53. The minimum Gasteiger partial charge on any atom is -0.495 e. The number of carbonyl (C=O) groups excluding carboxylic acids is 1. The van der Waals surface area contributed by atoms with Crippen LogP contribution in [0.5, 0.6) is 11.5 Å². The third-order valence-electron chi connectivity index (χ3n) is 2.90. The maximum absolute atomic E-state index is 10.7. The largest absolute Gasteiger partial charge is 0.495 e. The number of rotatable bonds is 4. The predicted molar refractivity (Wildman–Crippen MR) is 82.0 cm³/mol. The van der Waals surface area contributed by atoms with Gasteiger partial charge in [0.15, 0.2) is 6.29 Å². The summed E-state index contributed by atoms with van der Waals surface area (Å²) in [5.41, 5.74) is 0.516. The lowest BCUT2D eigenvalue weighted by molar-refractivity contribution is -0.104. The third-order valence-corrected chi connectivity index (χ3v) is 3.47. The molecule has 0 aliphatic heterocycles. The van der Waals surface area contributed by atoms with E-state index in [0.717, 1.165) is 10.8 Å². The van der Waals surface area contributed by atoms with E-state index in [9.17, 15) is 4.79 Å². The summed E-state index contributed by atoms with van der Waals surface area (Å²) in [7, 11) is 3.08. The third kappa shape index (κ3) is 2.47. The van der Waals surface area contributed by atoms with Gasteiger partial charge in [-0.1, -0.05) is 47.5 Å². The maximum atomic E-state index is 10.7. The number of aldehydes is 1. The highest BCUT2D eigenvalue weighted by atomic mass is 35.5. The van der Waals surface area contributed by atoms with Crippen molar-refractivity contribution in [3.05, 3.63) is 39.9 Å². The molecule has 3 nitrogen and oxygen atoms in total. The van der Waals surface area contributed by atoms with Crippen LogP contribution in [0.4, 0.5) is 0 Å². The lowest BCUT2D eigenvalue weighted by Gasteiger charge is -2.15. The second-order valence-electron chi connectivity index (χ2n) is 3.99. The fraction of sp³-hybridized carbons (Fsp3) is 0.133. The second kappa shape index (κ2) is 6.16. The summed E-state index contributed by atoms with van der Waals surface area (Å²) in [6, 6.07) is 7.54. The fourth-order valence-electron chi connectivity index (χ4n) is 2.08. The molecule has 0 aliphatic carbocycles. The standard InChI is InChI=1S/C15H12Cl2O3/c1-19-14-10-5-3-4-6-11(10)15(20-2)13(17)12(14)7-9(16)8-18/h3-8H,1-2H3/b9-7-. The van der Waals surface area contributed by atoms with Crippen LogP contribution >= 0.6 is 23.2 Å². The second-order valence-corrected chi connectivity index (χ2v) is 4.80. The summed E-state index contributed by atoms with van der Waals surface area (Å²) in [5.74, 6) is 1.07. The molecule has 2 aromatic carbocycles. The highest BCUT2D eigenvalue weighted by molar-refractivity contribution is 6.42. The van der Waals surface area contributed by atoms with E-state index in [-0.39, 0.29) is 5.03 Å². The van der Waals surface area contributed by atoms with Gasteiger partial charge in [-0.25, -0.2) is 0 Å². The zero-order valence-electron chi connectivity index (χ0n) is 10.9. The van der Waals surface area contributed by atoms with Crippen molar-refractivity contribution in [3.63, 3.8) is 0 Å². The van der Waals surface area contributed by atoms with Gasteiger partial charge >= 0.3 is 0 Å². The van der Waals surface area contributed by atoms with E-state index < -0.39 is 0 Å². The zero-order valence-corrected chi connectivity index (χ0v) is 12.5. The van der Waals surface area contributed by atoms with Crippen molar-refractivity contribution in [2.24, 2.45) is 0 Å². The monoisotopic (exact) mass is 310 g/mol. The molecule has 0 N–H and O–H groups in total. The van der Waals surface area contributed by atoms with Gasteiger partial charge in [0.25, 0.3) is 0 Å². The van der Waals surface area contributed by atoms with Crippen molar-refractivity contribution in [2.75, 3.05) is 14.2 Å². The first-order chi connectivity index (χ1) is 9.63. The van der Waals surface area contributed by atoms with Gasteiger partial charge in [0, 0.05) is 16.3 Å². The molecule has 0 radical (unpaired) electrons. The minimum atomic E-state index is 0.0301. The van der Waals surface area contributed by atoms with Crippen LogP contribution in [0.15, 0.2) is 29.3 Å². The van der Waals surface area contributed by atoms with Crippen LogP contribution < -0.4 is 9.47 Å². The van der Waals surface area contributed by atoms with Crippen LogP contribution in [-0.2, 0) is 4.79 Å². The maximum Gasteiger partial charge on any atom is 0.161 e. The Bertz CT molecular complexity index is 693. The molecular weight excluding hydrogens is 299 g/mol. The number of ether oxygens (including phenoxy) is 2. The molecule has 0 atom stereocenters. The molecule has 0 aromatic heterocycles. The van der Waals surface area contributed by atoms with Crippen LogP contribution in [-0.4, -0.2) is 20.5 Å². The van der Waals surface area contributed by atoms with E-state index in [1.807, 2.05) is 24.3 Å². The van der Waals surface area contributed by atoms with Crippen molar-refractivity contribution in [1.82, 2.24) is 0 Å². The van der Waals surface area contributed by atoms with E-state index in [4.69, 9.17) is 32.7 Å². The molecule has 0 amide bonds. The van der Waals surface area contributed by atoms with Crippen LogP contribution in [0.2, 0.25) is 5.02 Å². The highest BCUT2D eigenvalue weighted by Gasteiger charge is 2.18. The predicted octanol–water partition coefficient (Wildman–Crippen LogP) is 4.29. The van der Waals surface area contributed by atoms with Gasteiger partial charge in [-0.2, -0.15) is 0 Å². The summed E-state index contributed by atoms with van der Waals surface area (Å²) in [6.07, 6.45) is 2.00. The van der Waals surface area contributed by atoms with Crippen LogP contribution in [0, 0.1) is 0 Å². The van der Waals surface area contributed by atoms with Crippen molar-refractivity contribution >= 4 is 46.3 Å². The van der Waals surface area contributed by atoms with E-state index >= 15 is 0 Å².